The smallest absolute Gasteiger partial charge is 0.228 e. The zero-order valence-corrected chi connectivity index (χ0v) is 13.4. The summed E-state index contributed by atoms with van der Waals surface area (Å²) in [5.74, 6) is 1.37. The zero-order chi connectivity index (χ0) is 15.2. The first-order valence-electron chi connectivity index (χ1n) is 7.35. The number of hydrogen-bond donors (Lipinski definition) is 1. The quantitative estimate of drug-likeness (QED) is 0.792. The first-order valence-corrected chi connectivity index (χ1v) is 7.35. The molecule has 1 heterocycles. The van der Waals surface area contributed by atoms with Crippen LogP contribution in [0.3, 0.4) is 0 Å². The maximum atomic E-state index is 5.82. The number of hydrogen-bond acceptors (Lipinski definition) is 5. The van der Waals surface area contributed by atoms with Gasteiger partial charge in [0.15, 0.2) is 0 Å². The van der Waals surface area contributed by atoms with Gasteiger partial charge in [-0.25, -0.2) is 4.98 Å². The molecule has 0 unspecified atom stereocenters. The summed E-state index contributed by atoms with van der Waals surface area (Å²) in [4.78, 5) is 11.2. The molecule has 0 aliphatic heterocycles. The lowest BCUT2D eigenvalue weighted by Gasteiger charge is -2.31. The Labute approximate surface area is 122 Å². The highest BCUT2D eigenvalue weighted by Gasteiger charge is 2.21. The van der Waals surface area contributed by atoms with Crippen molar-refractivity contribution in [1.82, 2.24) is 9.97 Å². The fourth-order valence-electron chi connectivity index (χ4n) is 1.85. The van der Waals surface area contributed by atoms with Crippen LogP contribution in [0.1, 0.15) is 39.8 Å². The number of ether oxygens (including phenoxy) is 1. The molecule has 1 rings (SSSR count). The SMILES string of the molecule is CCCOc1cc(C)nc(N(CC)CC(C)(C)CN)n1. The van der Waals surface area contributed by atoms with Crippen LogP contribution >= 0.6 is 0 Å². The van der Waals surface area contributed by atoms with E-state index in [0.717, 1.165) is 31.2 Å². The van der Waals surface area contributed by atoms with E-state index >= 15 is 0 Å². The largest absolute Gasteiger partial charge is 0.478 e. The van der Waals surface area contributed by atoms with E-state index in [1.54, 1.807) is 0 Å². The van der Waals surface area contributed by atoms with Gasteiger partial charge in [0.25, 0.3) is 0 Å². The number of anilines is 1. The number of aromatic nitrogens is 2. The fourth-order valence-corrected chi connectivity index (χ4v) is 1.85. The molecule has 0 spiro atoms. The summed E-state index contributed by atoms with van der Waals surface area (Å²) in [6.45, 7) is 13.4. The van der Waals surface area contributed by atoms with E-state index < -0.39 is 0 Å². The molecule has 5 nitrogen and oxygen atoms in total. The third kappa shape index (κ3) is 4.96. The van der Waals surface area contributed by atoms with Gasteiger partial charge in [-0.3, -0.25) is 0 Å². The summed E-state index contributed by atoms with van der Waals surface area (Å²) in [6, 6.07) is 1.88. The molecule has 0 aromatic carbocycles. The van der Waals surface area contributed by atoms with Crippen molar-refractivity contribution in [3.05, 3.63) is 11.8 Å². The summed E-state index contributed by atoms with van der Waals surface area (Å²) in [6.07, 6.45) is 0.968. The van der Waals surface area contributed by atoms with Crippen molar-refractivity contribution >= 4 is 5.95 Å². The third-order valence-corrected chi connectivity index (χ3v) is 3.11. The minimum atomic E-state index is 0.0353. The molecule has 0 radical (unpaired) electrons. The fraction of sp³-hybridized carbons (Fsp3) is 0.733. The summed E-state index contributed by atoms with van der Waals surface area (Å²) in [7, 11) is 0. The van der Waals surface area contributed by atoms with Gasteiger partial charge in [-0.1, -0.05) is 20.8 Å². The lowest BCUT2D eigenvalue weighted by atomic mass is 9.93. The van der Waals surface area contributed by atoms with Crippen LogP contribution in [0.4, 0.5) is 5.95 Å². The van der Waals surface area contributed by atoms with Gasteiger partial charge in [-0.2, -0.15) is 4.98 Å². The molecule has 5 heteroatoms. The molecule has 0 amide bonds. The van der Waals surface area contributed by atoms with Crippen molar-refractivity contribution in [2.24, 2.45) is 11.1 Å². The zero-order valence-electron chi connectivity index (χ0n) is 13.4. The van der Waals surface area contributed by atoms with E-state index in [1.165, 1.54) is 0 Å². The van der Waals surface area contributed by atoms with Crippen LogP contribution in [0.5, 0.6) is 5.88 Å². The van der Waals surface area contributed by atoms with Gasteiger partial charge in [0, 0.05) is 24.8 Å². The number of rotatable bonds is 8. The topological polar surface area (TPSA) is 64.3 Å². The van der Waals surface area contributed by atoms with E-state index in [1.807, 2.05) is 13.0 Å². The van der Waals surface area contributed by atoms with Crippen molar-refractivity contribution in [1.29, 1.82) is 0 Å². The second kappa shape index (κ2) is 7.43. The van der Waals surface area contributed by atoms with E-state index in [4.69, 9.17) is 10.5 Å². The lowest BCUT2D eigenvalue weighted by molar-refractivity contribution is 0.303. The van der Waals surface area contributed by atoms with Crippen LogP contribution in [0.25, 0.3) is 0 Å². The van der Waals surface area contributed by atoms with Gasteiger partial charge >= 0.3 is 0 Å². The van der Waals surface area contributed by atoms with Gasteiger partial charge < -0.3 is 15.4 Å². The van der Waals surface area contributed by atoms with Crippen LogP contribution < -0.4 is 15.4 Å². The van der Waals surface area contributed by atoms with E-state index in [2.05, 4.69) is 42.6 Å². The van der Waals surface area contributed by atoms with Gasteiger partial charge in [0.05, 0.1) is 6.61 Å². The minimum absolute atomic E-state index is 0.0353. The Bertz CT molecular complexity index is 420. The summed E-state index contributed by atoms with van der Waals surface area (Å²) in [5.41, 5.74) is 6.78. The number of aryl methyl sites for hydroxylation is 1. The van der Waals surface area contributed by atoms with Gasteiger partial charge in [-0.05, 0) is 32.2 Å². The van der Waals surface area contributed by atoms with E-state index in [0.29, 0.717) is 19.0 Å². The highest BCUT2D eigenvalue weighted by atomic mass is 16.5. The summed E-state index contributed by atoms with van der Waals surface area (Å²) in [5, 5.41) is 0. The van der Waals surface area contributed by atoms with Crippen molar-refractivity contribution in [2.45, 2.75) is 41.0 Å². The Morgan fingerprint density at radius 1 is 1.30 bits per heavy atom. The predicted octanol–water partition coefficient (Wildman–Crippen LogP) is 2.39. The van der Waals surface area contributed by atoms with Crippen LogP contribution in [0, 0.1) is 12.3 Å². The first kappa shape index (κ1) is 16.7. The first-order chi connectivity index (χ1) is 9.41. The normalized spacial score (nSPS) is 11.5. The van der Waals surface area contributed by atoms with Crippen LogP contribution in [0.2, 0.25) is 0 Å². The monoisotopic (exact) mass is 280 g/mol. The molecule has 2 N–H and O–H groups in total. The van der Waals surface area contributed by atoms with Crippen LogP contribution in [-0.4, -0.2) is 36.2 Å². The van der Waals surface area contributed by atoms with Gasteiger partial charge in [0.2, 0.25) is 11.8 Å². The molecule has 1 aromatic rings. The molecule has 1 aromatic heterocycles. The predicted molar refractivity (Wildman–Crippen MR) is 83.3 cm³/mol. The van der Waals surface area contributed by atoms with Crippen molar-refractivity contribution < 1.29 is 4.74 Å². The Morgan fingerprint density at radius 2 is 2.00 bits per heavy atom. The Balaban J connectivity index is 2.94. The minimum Gasteiger partial charge on any atom is -0.478 e. The second-order valence-electron chi connectivity index (χ2n) is 5.88. The maximum Gasteiger partial charge on any atom is 0.228 e. The van der Waals surface area contributed by atoms with Crippen LogP contribution in [0.15, 0.2) is 6.07 Å². The Morgan fingerprint density at radius 3 is 2.55 bits per heavy atom. The lowest BCUT2D eigenvalue weighted by Crippen LogP contribution is -2.39. The standard InChI is InChI=1S/C15H28N4O/c1-6-8-20-13-9-12(3)17-14(18-13)19(7-2)11-15(4,5)10-16/h9H,6-8,10-11,16H2,1-5H3. The number of nitrogens with zero attached hydrogens (tertiary/aromatic N) is 3. The van der Waals surface area contributed by atoms with E-state index in [9.17, 15) is 0 Å². The Kier molecular flexibility index (Phi) is 6.20. The molecular formula is C15H28N4O. The molecule has 0 aliphatic carbocycles. The summed E-state index contributed by atoms with van der Waals surface area (Å²) < 4.78 is 5.63. The van der Waals surface area contributed by atoms with Crippen molar-refractivity contribution in [3.63, 3.8) is 0 Å². The molecular weight excluding hydrogens is 252 g/mol. The van der Waals surface area contributed by atoms with Crippen LogP contribution in [-0.2, 0) is 0 Å². The molecule has 114 valence electrons. The molecule has 0 atom stereocenters. The van der Waals surface area contributed by atoms with Crippen molar-refractivity contribution in [3.8, 4) is 5.88 Å². The highest BCUT2D eigenvalue weighted by molar-refractivity contribution is 5.34. The Hall–Kier alpha value is -1.36. The number of nitrogens with two attached hydrogens (primary N) is 1. The molecule has 0 aliphatic rings. The molecule has 0 bridgehead atoms. The highest BCUT2D eigenvalue weighted by Crippen LogP contribution is 2.21. The molecule has 20 heavy (non-hydrogen) atoms. The average molecular weight is 280 g/mol. The molecule has 0 saturated heterocycles. The molecule has 0 fully saturated rings. The summed E-state index contributed by atoms with van der Waals surface area (Å²) >= 11 is 0. The molecule has 0 saturated carbocycles. The van der Waals surface area contributed by atoms with Crippen molar-refractivity contribution in [2.75, 3.05) is 31.1 Å². The second-order valence-corrected chi connectivity index (χ2v) is 5.88. The maximum absolute atomic E-state index is 5.82. The average Bonchev–Trinajstić information content (AvgIpc) is 2.42. The van der Waals surface area contributed by atoms with Gasteiger partial charge in [-0.15, -0.1) is 0 Å². The third-order valence-electron chi connectivity index (χ3n) is 3.11. The van der Waals surface area contributed by atoms with E-state index in [-0.39, 0.29) is 5.41 Å². The van der Waals surface area contributed by atoms with Gasteiger partial charge in [0.1, 0.15) is 0 Å².